The summed E-state index contributed by atoms with van der Waals surface area (Å²) < 4.78 is 16.7. The quantitative estimate of drug-likeness (QED) is 0.529. The van der Waals surface area contributed by atoms with Crippen molar-refractivity contribution in [1.29, 1.82) is 0 Å². The molecular weight excluding hydrogens is 274 g/mol. The largest absolute Gasteiger partial charge is 0.394 e. The Balaban J connectivity index is 1.93. The lowest BCUT2D eigenvalue weighted by atomic mass is 9.94. The molecular formula is C14H27N3O4. The third-order valence-electron chi connectivity index (χ3n) is 4.00. The van der Waals surface area contributed by atoms with Crippen LogP contribution >= 0.6 is 0 Å². The first-order chi connectivity index (χ1) is 10.2. The van der Waals surface area contributed by atoms with Crippen LogP contribution < -0.4 is 5.73 Å². The molecule has 3 N–H and O–H groups in total. The van der Waals surface area contributed by atoms with Crippen molar-refractivity contribution >= 4 is 5.96 Å². The fourth-order valence-electron chi connectivity index (χ4n) is 2.71. The summed E-state index contributed by atoms with van der Waals surface area (Å²) in [6.45, 7) is 6.42. The molecule has 0 bridgehead atoms. The molecule has 2 aliphatic rings. The Morgan fingerprint density at radius 3 is 2.86 bits per heavy atom. The van der Waals surface area contributed by atoms with E-state index in [0.29, 0.717) is 38.9 Å². The SMILES string of the molecule is CC1CN(C(N)=NCC2(OCCO)CCOCC2)CCO1. The number of hydrogen-bond donors (Lipinski definition) is 2. The van der Waals surface area contributed by atoms with Crippen LogP contribution in [0.15, 0.2) is 4.99 Å². The van der Waals surface area contributed by atoms with Crippen molar-refractivity contribution in [2.24, 2.45) is 10.7 Å². The van der Waals surface area contributed by atoms with E-state index in [0.717, 1.165) is 25.9 Å². The molecule has 0 amide bonds. The van der Waals surface area contributed by atoms with Crippen molar-refractivity contribution in [1.82, 2.24) is 4.90 Å². The number of ether oxygens (including phenoxy) is 3. The van der Waals surface area contributed by atoms with Crippen molar-refractivity contribution in [2.75, 3.05) is 52.7 Å². The van der Waals surface area contributed by atoms with Crippen molar-refractivity contribution in [3.63, 3.8) is 0 Å². The second kappa shape index (κ2) is 7.93. The van der Waals surface area contributed by atoms with Crippen LogP contribution in [0, 0.1) is 0 Å². The van der Waals surface area contributed by atoms with E-state index >= 15 is 0 Å². The molecule has 0 spiro atoms. The van der Waals surface area contributed by atoms with Gasteiger partial charge in [-0.2, -0.15) is 0 Å². The fraction of sp³-hybridized carbons (Fsp3) is 0.929. The molecule has 122 valence electrons. The van der Waals surface area contributed by atoms with E-state index in [4.69, 9.17) is 25.1 Å². The van der Waals surface area contributed by atoms with Crippen LogP contribution in [0.1, 0.15) is 19.8 Å². The predicted octanol–water partition coefficient (Wildman–Crippen LogP) is -0.420. The van der Waals surface area contributed by atoms with E-state index in [1.54, 1.807) is 0 Å². The zero-order valence-corrected chi connectivity index (χ0v) is 12.8. The normalized spacial score (nSPS) is 26.9. The summed E-state index contributed by atoms with van der Waals surface area (Å²) in [5, 5.41) is 8.98. The lowest BCUT2D eigenvalue weighted by Gasteiger charge is -2.36. The highest BCUT2D eigenvalue weighted by Gasteiger charge is 2.33. The maximum Gasteiger partial charge on any atom is 0.191 e. The maximum absolute atomic E-state index is 8.98. The lowest BCUT2D eigenvalue weighted by molar-refractivity contribution is -0.111. The van der Waals surface area contributed by atoms with Gasteiger partial charge in [0.15, 0.2) is 5.96 Å². The first-order valence-corrected chi connectivity index (χ1v) is 7.64. The van der Waals surface area contributed by atoms with E-state index < -0.39 is 0 Å². The van der Waals surface area contributed by atoms with E-state index in [9.17, 15) is 0 Å². The van der Waals surface area contributed by atoms with Crippen molar-refractivity contribution in [2.45, 2.75) is 31.5 Å². The average molecular weight is 301 g/mol. The van der Waals surface area contributed by atoms with Gasteiger partial charge in [0.2, 0.25) is 0 Å². The van der Waals surface area contributed by atoms with Gasteiger partial charge >= 0.3 is 0 Å². The number of morpholine rings is 1. The Hall–Kier alpha value is -0.890. The summed E-state index contributed by atoms with van der Waals surface area (Å²) in [6.07, 6.45) is 1.74. The zero-order chi connectivity index (χ0) is 15.1. The van der Waals surface area contributed by atoms with Gasteiger partial charge in [0.25, 0.3) is 0 Å². The third-order valence-corrected chi connectivity index (χ3v) is 4.00. The first kappa shape index (κ1) is 16.5. The summed E-state index contributed by atoms with van der Waals surface area (Å²) in [4.78, 5) is 6.58. The predicted molar refractivity (Wildman–Crippen MR) is 79.3 cm³/mol. The van der Waals surface area contributed by atoms with Gasteiger partial charge in [0.1, 0.15) is 0 Å². The molecule has 0 aromatic carbocycles. The summed E-state index contributed by atoms with van der Waals surface area (Å²) in [7, 11) is 0. The number of aliphatic hydroxyl groups is 1. The van der Waals surface area contributed by atoms with Gasteiger partial charge in [-0.3, -0.25) is 4.99 Å². The minimum atomic E-state index is -0.358. The van der Waals surface area contributed by atoms with Gasteiger partial charge in [-0.05, 0) is 6.92 Å². The lowest BCUT2D eigenvalue weighted by Crippen LogP contribution is -2.49. The first-order valence-electron chi connectivity index (χ1n) is 7.64. The van der Waals surface area contributed by atoms with Gasteiger partial charge in [-0.15, -0.1) is 0 Å². The molecule has 2 aliphatic heterocycles. The molecule has 7 nitrogen and oxygen atoms in total. The molecule has 0 radical (unpaired) electrons. The molecule has 0 aromatic rings. The van der Waals surface area contributed by atoms with E-state index in [1.807, 2.05) is 11.8 Å². The highest BCUT2D eigenvalue weighted by Crippen LogP contribution is 2.25. The van der Waals surface area contributed by atoms with Gasteiger partial charge in [0.05, 0.1) is 38.1 Å². The summed E-state index contributed by atoms with van der Waals surface area (Å²) in [6, 6.07) is 0. The van der Waals surface area contributed by atoms with Crippen LogP contribution in [0.2, 0.25) is 0 Å². The van der Waals surface area contributed by atoms with Crippen LogP contribution in [0.3, 0.4) is 0 Å². The molecule has 1 atom stereocenters. The molecule has 2 rings (SSSR count). The van der Waals surface area contributed by atoms with Crippen molar-refractivity contribution in [3.05, 3.63) is 0 Å². The summed E-state index contributed by atoms with van der Waals surface area (Å²) in [5.41, 5.74) is 5.74. The van der Waals surface area contributed by atoms with Gasteiger partial charge in [-0.1, -0.05) is 0 Å². The molecule has 2 fully saturated rings. The van der Waals surface area contributed by atoms with E-state index in [-0.39, 0.29) is 18.3 Å². The van der Waals surface area contributed by atoms with Gasteiger partial charge < -0.3 is 30.0 Å². The van der Waals surface area contributed by atoms with Gasteiger partial charge in [-0.25, -0.2) is 0 Å². The number of guanidine groups is 1. The second-order valence-corrected chi connectivity index (χ2v) is 5.67. The molecule has 1 unspecified atom stereocenters. The molecule has 21 heavy (non-hydrogen) atoms. The summed E-state index contributed by atoms with van der Waals surface area (Å²) >= 11 is 0. The highest BCUT2D eigenvalue weighted by atomic mass is 16.5. The topological polar surface area (TPSA) is 89.5 Å². The van der Waals surface area contributed by atoms with Crippen molar-refractivity contribution < 1.29 is 19.3 Å². The summed E-state index contributed by atoms with van der Waals surface area (Å²) in [5.74, 6) is 0.545. The smallest absolute Gasteiger partial charge is 0.191 e. The zero-order valence-electron chi connectivity index (χ0n) is 12.8. The molecule has 0 aliphatic carbocycles. The third kappa shape index (κ3) is 4.81. The minimum absolute atomic E-state index is 0.0166. The fourth-order valence-corrected chi connectivity index (χ4v) is 2.71. The standard InChI is InChI=1S/C14H27N3O4/c1-12-10-17(4-8-20-12)13(15)16-11-14(21-9-5-18)2-6-19-7-3-14/h12,18H,2-11H2,1H3,(H2,15,16). The van der Waals surface area contributed by atoms with Crippen LogP contribution in [-0.4, -0.2) is 80.3 Å². The van der Waals surface area contributed by atoms with Crippen LogP contribution in [0.5, 0.6) is 0 Å². The number of hydrogen-bond acceptors (Lipinski definition) is 5. The second-order valence-electron chi connectivity index (χ2n) is 5.67. The molecule has 7 heteroatoms. The van der Waals surface area contributed by atoms with Crippen LogP contribution in [0.4, 0.5) is 0 Å². The van der Waals surface area contributed by atoms with Crippen molar-refractivity contribution in [3.8, 4) is 0 Å². The number of aliphatic imine (C=N–C) groups is 1. The number of nitrogens with zero attached hydrogens (tertiary/aromatic N) is 2. The minimum Gasteiger partial charge on any atom is -0.394 e. The Morgan fingerprint density at radius 2 is 2.19 bits per heavy atom. The van der Waals surface area contributed by atoms with Crippen LogP contribution in [0.25, 0.3) is 0 Å². The molecule has 0 saturated carbocycles. The molecule has 2 saturated heterocycles. The Labute approximate surface area is 126 Å². The number of nitrogens with two attached hydrogens (primary N) is 1. The molecule has 0 aromatic heterocycles. The molecule has 2 heterocycles. The number of aliphatic hydroxyl groups excluding tert-OH is 1. The number of rotatable bonds is 5. The van der Waals surface area contributed by atoms with E-state index in [2.05, 4.69) is 4.99 Å². The maximum atomic E-state index is 8.98. The van der Waals surface area contributed by atoms with Gasteiger partial charge in [0, 0.05) is 39.1 Å². The average Bonchev–Trinajstić information content (AvgIpc) is 2.52. The Kier molecular flexibility index (Phi) is 6.22. The monoisotopic (exact) mass is 301 g/mol. The highest BCUT2D eigenvalue weighted by molar-refractivity contribution is 5.78. The Bertz CT molecular complexity index is 345. The van der Waals surface area contributed by atoms with Crippen LogP contribution in [-0.2, 0) is 14.2 Å². The van der Waals surface area contributed by atoms with E-state index in [1.165, 1.54) is 0 Å². The Morgan fingerprint density at radius 1 is 1.43 bits per heavy atom.